The van der Waals surface area contributed by atoms with Gasteiger partial charge in [-0.1, -0.05) is 121 Å². The first-order valence-corrected chi connectivity index (χ1v) is 17.1. The highest BCUT2D eigenvalue weighted by molar-refractivity contribution is 7.73. The molecule has 0 aliphatic rings. The van der Waals surface area contributed by atoms with Gasteiger partial charge >= 0.3 is 6.09 Å². The summed E-state index contributed by atoms with van der Waals surface area (Å²) in [6.45, 7) is 0.485. The molecular weight excluding hydrogens is 673 g/mol. The molecule has 0 bridgehead atoms. The lowest BCUT2D eigenvalue weighted by atomic mass is 9.95. The Morgan fingerprint density at radius 1 is 0.800 bits per heavy atom. The number of para-hydroxylation sites is 1. The highest BCUT2D eigenvalue weighted by atomic mass is 32.1. The van der Waals surface area contributed by atoms with Crippen molar-refractivity contribution in [3.63, 3.8) is 0 Å². The Morgan fingerprint density at radius 3 is 1.82 bits per heavy atom. The van der Waals surface area contributed by atoms with Crippen LogP contribution in [0.3, 0.4) is 0 Å². The van der Waals surface area contributed by atoms with Gasteiger partial charge in [-0.05, 0) is 47.5 Å². The molecule has 13 heteroatoms. The van der Waals surface area contributed by atoms with E-state index in [4.69, 9.17) is 22.7 Å². The number of benzene rings is 4. The minimum Gasteiger partial charge on any atom is -0.444 e. The lowest BCUT2D eigenvalue weighted by Crippen LogP contribution is -2.58. The van der Waals surface area contributed by atoms with E-state index >= 15 is 4.79 Å². The summed E-state index contributed by atoms with van der Waals surface area (Å²) < 4.78 is 6.05. The molecule has 0 radical (unpaired) electrons. The second-order valence-corrected chi connectivity index (χ2v) is 13.0. The molecule has 4 aromatic carbocycles. The van der Waals surface area contributed by atoms with Crippen LogP contribution >= 0.6 is 23.6 Å². The number of ether oxygens (including phenoxy) is 1. The predicted octanol–water partition coefficient (Wildman–Crippen LogP) is 6.26. The topological polar surface area (TPSA) is 151 Å². The second-order valence-electron chi connectivity index (χ2n) is 11.4. The number of aromatic nitrogens is 2. The fraction of sp³-hybridized carbons (Fsp3) is 0.189. The molecule has 256 valence electrons. The molecule has 2 atom stereocenters. The molecule has 5 aromatic rings. The number of anilines is 2. The molecular formula is C37H36N6O5S2. The molecule has 0 saturated heterocycles. The Balaban J connectivity index is 1.60. The summed E-state index contributed by atoms with van der Waals surface area (Å²) >= 11 is 6.16. The fourth-order valence-corrected chi connectivity index (χ4v) is 6.24. The molecule has 50 heavy (non-hydrogen) atoms. The van der Waals surface area contributed by atoms with Gasteiger partial charge < -0.3 is 10.5 Å². The van der Waals surface area contributed by atoms with Crippen LogP contribution < -0.4 is 16.0 Å². The summed E-state index contributed by atoms with van der Waals surface area (Å²) in [4.78, 5) is 58.8. The minimum atomic E-state index is -1.76. The van der Waals surface area contributed by atoms with Crippen LogP contribution in [0.2, 0.25) is 0 Å². The monoisotopic (exact) mass is 708 g/mol. The number of carbonyl (C=O) groups is 4. The highest BCUT2D eigenvalue weighted by Crippen LogP contribution is 2.26. The number of hydrogen-bond acceptors (Lipinski definition) is 9. The number of hydrogen-bond donors (Lipinski definition) is 3. The molecule has 11 nitrogen and oxygen atoms in total. The van der Waals surface area contributed by atoms with Crippen LogP contribution in [0, 0.1) is 3.95 Å². The molecule has 1 aromatic heterocycles. The number of aromatic amines is 1. The Bertz CT molecular complexity index is 1880. The Labute approximate surface area is 298 Å². The summed E-state index contributed by atoms with van der Waals surface area (Å²) in [6, 6.07) is 33.7. The Kier molecular flexibility index (Phi) is 12.7. The van der Waals surface area contributed by atoms with Crippen molar-refractivity contribution >= 4 is 58.1 Å². The zero-order chi connectivity index (χ0) is 35.3. The Morgan fingerprint density at radius 2 is 1.32 bits per heavy atom. The van der Waals surface area contributed by atoms with Gasteiger partial charge in [0.1, 0.15) is 6.61 Å². The van der Waals surface area contributed by atoms with Gasteiger partial charge in [0.05, 0.1) is 6.04 Å². The molecule has 0 aliphatic heterocycles. The summed E-state index contributed by atoms with van der Waals surface area (Å²) in [5, 5.41) is 9.44. The van der Waals surface area contributed by atoms with Crippen LogP contribution in [0.15, 0.2) is 121 Å². The zero-order valence-electron chi connectivity index (χ0n) is 27.0. The van der Waals surface area contributed by atoms with Crippen molar-refractivity contribution in [3.05, 3.63) is 142 Å². The van der Waals surface area contributed by atoms with Gasteiger partial charge in [-0.25, -0.2) is 4.79 Å². The summed E-state index contributed by atoms with van der Waals surface area (Å²) in [5.74, 6) is -2.09. The van der Waals surface area contributed by atoms with Crippen LogP contribution in [0.5, 0.6) is 0 Å². The van der Waals surface area contributed by atoms with Crippen molar-refractivity contribution in [2.45, 2.75) is 44.6 Å². The molecule has 0 spiro atoms. The molecule has 1 heterocycles. The average Bonchev–Trinajstić information content (AvgIpc) is 3.54. The third-order valence-corrected chi connectivity index (χ3v) is 8.78. The molecule has 0 saturated carbocycles. The van der Waals surface area contributed by atoms with Crippen molar-refractivity contribution in [3.8, 4) is 0 Å². The van der Waals surface area contributed by atoms with Gasteiger partial charge in [-0.15, -0.1) is 5.10 Å². The van der Waals surface area contributed by atoms with E-state index in [1.54, 1.807) is 42.5 Å². The molecule has 3 amide bonds. The van der Waals surface area contributed by atoms with Crippen LogP contribution in [-0.2, 0) is 38.8 Å². The van der Waals surface area contributed by atoms with E-state index in [0.29, 0.717) is 22.6 Å². The number of H-pyrrole nitrogens is 1. The maximum absolute atomic E-state index is 15.2. The number of amides is 3. The molecule has 5 rings (SSSR count). The number of Topliss-reactive ketones (excluding diaryl/α,β-unsaturated/α-hetero) is 1. The van der Waals surface area contributed by atoms with E-state index in [2.05, 4.69) is 15.5 Å². The SMILES string of the molecule is NC(=O)CC[C@@H](C(=O)C(C(=O)Nc1n[nH]c(=S)s1)N(C(=O)OCc1ccccc1)c1ccccc1)N(Cc1ccccc1)Cc1ccccc1. The van der Waals surface area contributed by atoms with E-state index in [-0.39, 0.29) is 30.3 Å². The van der Waals surface area contributed by atoms with Gasteiger partial charge in [0.25, 0.3) is 5.91 Å². The van der Waals surface area contributed by atoms with Gasteiger partial charge in [0.2, 0.25) is 11.0 Å². The average molecular weight is 709 g/mol. The lowest BCUT2D eigenvalue weighted by Gasteiger charge is -2.36. The number of nitrogens with two attached hydrogens (primary N) is 1. The highest BCUT2D eigenvalue weighted by Gasteiger charge is 2.43. The number of carbonyl (C=O) groups excluding carboxylic acids is 4. The molecule has 1 unspecified atom stereocenters. The third kappa shape index (κ3) is 10.0. The van der Waals surface area contributed by atoms with Crippen molar-refractivity contribution in [2.75, 3.05) is 10.2 Å². The standard InChI is InChI=1S/C37H36N6O5S2/c38-31(44)22-21-30(42(23-26-13-5-1-6-14-26)24-27-15-7-2-8-16-27)33(45)32(34(46)39-35-40-41-36(49)50-35)43(29-19-11-4-12-20-29)37(47)48-25-28-17-9-3-10-18-28/h1-20,30,32H,21-25H2,(H2,38,44)(H,41,49)(H,39,40,46)/t30-,32?/m0/s1. The largest absolute Gasteiger partial charge is 0.444 e. The van der Waals surface area contributed by atoms with Gasteiger partial charge in [-0.3, -0.25) is 34.6 Å². The molecule has 4 N–H and O–H groups in total. The number of primary amides is 1. The smallest absolute Gasteiger partial charge is 0.415 e. The minimum absolute atomic E-state index is 0.0132. The van der Waals surface area contributed by atoms with Gasteiger partial charge in [-0.2, -0.15) is 0 Å². The first-order valence-electron chi connectivity index (χ1n) is 15.8. The zero-order valence-corrected chi connectivity index (χ0v) is 28.6. The van der Waals surface area contributed by atoms with Crippen LogP contribution in [-0.4, -0.2) is 50.9 Å². The van der Waals surface area contributed by atoms with E-state index in [1.165, 1.54) is 0 Å². The summed E-state index contributed by atoms with van der Waals surface area (Å²) in [5.41, 5.74) is 8.40. The number of nitrogens with zero attached hydrogens (tertiary/aromatic N) is 3. The van der Waals surface area contributed by atoms with Gasteiger partial charge in [0.15, 0.2) is 15.8 Å². The van der Waals surface area contributed by atoms with E-state index < -0.39 is 35.8 Å². The third-order valence-electron chi connectivity index (χ3n) is 7.77. The second kappa shape index (κ2) is 17.8. The number of nitrogens with one attached hydrogen (secondary N) is 2. The molecule has 0 fully saturated rings. The number of ketones is 1. The Hall–Kier alpha value is -5.50. The van der Waals surface area contributed by atoms with Crippen molar-refractivity contribution in [1.29, 1.82) is 0 Å². The first kappa shape index (κ1) is 35.8. The summed E-state index contributed by atoms with van der Waals surface area (Å²) in [6.07, 6.45) is -1.08. The first-order chi connectivity index (χ1) is 24.3. The van der Waals surface area contributed by atoms with Crippen LogP contribution in [0.4, 0.5) is 15.6 Å². The quantitative estimate of drug-likeness (QED) is 0.0804. The van der Waals surface area contributed by atoms with E-state index in [1.807, 2.05) is 83.8 Å². The van der Waals surface area contributed by atoms with Crippen molar-refractivity contribution in [1.82, 2.24) is 15.1 Å². The van der Waals surface area contributed by atoms with Gasteiger partial charge in [0, 0.05) is 25.2 Å². The van der Waals surface area contributed by atoms with E-state index in [0.717, 1.165) is 27.4 Å². The van der Waals surface area contributed by atoms with Crippen molar-refractivity contribution < 1.29 is 23.9 Å². The fourth-order valence-electron chi connectivity index (χ4n) is 5.45. The lowest BCUT2D eigenvalue weighted by molar-refractivity contribution is -0.131. The molecule has 0 aliphatic carbocycles. The van der Waals surface area contributed by atoms with Crippen LogP contribution in [0.1, 0.15) is 29.5 Å². The summed E-state index contributed by atoms with van der Waals surface area (Å²) in [7, 11) is 0. The van der Waals surface area contributed by atoms with E-state index in [9.17, 15) is 14.4 Å². The maximum Gasteiger partial charge on any atom is 0.415 e. The normalized spacial score (nSPS) is 12.1. The van der Waals surface area contributed by atoms with Crippen LogP contribution in [0.25, 0.3) is 0 Å². The maximum atomic E-state index is 15.2. The van der Waals surface area contributed by atoms with Crippen molar-refractivity contribution in [2.24, 2.45) is 5.73 Å². The predicted molar refractivity (Wildman–Crippen MR) is 195 cm³/mol. The number of rotatable bonds is 16.